The Kier molecular flexibility index (Phi) is 4.90. The Morgan fingerprint density at radius 3 is 2.86 bits per heavy atom. The minimum atomic E-state index is 0.0691. The Bertz CT molecular complexity index is 185. The van der Waals surface area contributed by atoms with Gasteiger partial charge in [0.25, 0.3) is 0 Å². The summed E-state index contributed by atoms with van der Waals surface area (Å²) in [5, 5.41) is 5.96. The predicted octanol–water partition coefficient (Wildman–Crippen LogP) is 0.137. The highest BCUT2D eigenvalue weighted by atomic mass is 16.5. The second kappa shape index (κ2) is 5.98. The van der Waals surface area contributed by atoms with Gasteiger partial charge in [0.1, 0.15) is 0 Å². The average Bonchev–Trinajstić information content (AvgIpc) is 2.59. The minimum absolute atomic E-state index is 0.0691. The summed E-state index contributed by atoms with van der Waals surface area (Å²) in [7, 11) is 1.91. The number of hydrogen-bond donors (Lipinski definition) is 2. The van der Waals surface area contributed by atoms with Gasteiger partial charge < -0.3 is 15.4 Å². The van der Waals surface area contributed by atoms with Gasteiger partial charge in [-0.15, -0.1) is 0 Å². The van der Waals surface area contributed by atoms with Gasteiger partial charge in [0.05, 0.1) is 18.6 Å². The lowest BCUT2D eigenvalue weighted by atomic mass is 10.1. The summed E-state index contributed by atoms with van der Waals surface area (Å²) >= 11 is 0. The molecule has 1 aliphatic heterocycles. The molecule has 0 bridgehead atoms. The SMILES string of the molecule is CNCCCNC(=O)C1COC(C)C1. The summed E-state index contributed by atoms with van der Waals surface area (Å²) in [4.78, 5) is 11.5. The van der Waals surface area contributed by atoms with E-state index in [0.29, 0.717) is 6.61 Å². The van der Waals surface area contributed by atoms with Crippen LogP contribution in [0.2, 0.25) is 0 Å². The molecule has 1 amide bonds. The fourth-order valence-electron chi connectivity index (χ4n) is 1.62. The maximum absolute atomic E-state index is 11.5. The lowest BCUT2D eigenvalue weighted by molar-refractivity contribution is -0.124. The van der Waals surface area contributed by atoms with E-state index in [9.17, 15) is 4.79 Å². The molecule has 2 atom stereocenters. The van der Waals surface area contributed by atoms with Crippen molar-refractivity contribution in [2.24, 2.45) is 5.92 Å². The lowest BCUT2D eigenvalue weighted by Gasteiger charge is -2.08. The van der Waals surface area contributed by atoms with Crippen LogP contribution in [0.5, 0.6) is 0 Å². The van der Waals surface area contributed by atoms with Gasteiger partial charge in [0, 0.05) is 6.54 Å². The molecule has 14 heavy (non-hydrogen) atoms. The van der Waals surface area contributed by atoms with Crippen molar-refractivity contribution >= 4 is 5.91 Å². The Hall–Kier alpha value is -0.610. The highest BCUT2D eigenvalue weighted by Crippen LogP contribution is 2.18. The molecule has 0 spiro atoms. The highest BCUT2D eigenvalue weighted by molar-refractivity contribution is 5.79. The first-order chi connectivity index (χ1) is 6.74. The number of rotatable bonds is 5. The Labute approximate surface area is 85.4 Å². The van der Waals surface area contributed by atoms with Crippen LogP contribution in [0.4, 0.5) is 0 Å². The van der Waals surface area contributed by atoms with Crippen LogP contribution in [-0.2, 0) is 9.53 Å². The van der Waals surface area contributed by atoms with Gasteiger partial charge in [-0.05, 0) is 33.4 Å². The Morgan fingerprint density at radius 1 is 1.50 bits per heavy atom. The molecule has 82 valence electrons. The number of hydrogen-bond acceptors (Lipinski definition) is 3. The van der Waals surface area contributed by atoms with Crippen molar-refractivity contribution in [3.05, 3.63) is 0 Å². The van der Waals surface area contributed by atoms with E-state index in [2.05, 4.69) is 10.6 Å². The number of ether oxygens (including phenoxy) is 1. The zero-order chi connectivity index (χ0) is 10.4. The molecular weight excluding hydrogens is 180 g/mol. The molecule has 4 heteroatoms. The number of carbonyl (C=O) groups excluding carboxylic acids is 1. The maximum Gasteiger partial charge on any atom is 0.225 e. The smallest absolute Gasteiger partial charge is 0.225 e. The quantitative estimate of drug-likeness (QED) is 0.621. The van der Waals surface area contributed by atoms with Crippen LogP contribution in [0, 0.1) is 5.92 Å². The first-order valence-electron chi connectivity index (χ1n) is 5.28. The molecule has 0 aromatic heterocycles. The van der Waals surface area contributed by atoms with Gasteiger partial charge in [-0.1, -0.05) is 0 Å². The molecule has 1 heterocycles. The van der Waals surface area contributed by atoms with Crippen molar-refractivity contribution in [3.63, 3.8) is 0 Å². The van der Waals surface area contributed by atoms with Crippen molar-refractivity contribution < 1.29 is 9.53 Å². The molecule has 4 nitrogen and oxygen atoms in total. The number of carbonyl (C=O) groups is 1. The van der Waals surface area contributed by atoms with Gasteiger partial charge in [-0.3, -0.25) is 4.79 Å². The van der Waals surface area contributed by atoms with E-state index in [-0.39, 0.29) is 17.9 Å². The summed E-state index contributed by atoms with van der Waals surface area (Å²) < 4.78 is 5.34. The third kappa shape index (κ3) is 3.64. The van der Waals surface area contributed by atoms with E-state index in [1.54, 1.807) is 0 Å². The van der Waals surface area contributed by atoms with Crippen LogP contribution in [0.1, 0.15) is 19.8 Å². The fraction of sp³-hybridized carbons (Fsp3) is 0.900. The van der Waals surface area contributed by atoms with Crippen molar-refractivity contribution in [1.29, 1.82) is 0 Å². The predicted molar refractivity (Wildman–Crippen MR) is 55.1 cm³/mol. The lowest BCUT2D eigenvalue weighted by Crippen LogP contribution is -2.32. The van der Waals surface area contributed by atoms with Crippen LogP contribution in [0.3, 0.4) is 0 Å². The van der Waals surface area contributed by atoms with E-state index >= 15 is 0 Å². The summed E-state index contributed by atoms with van der Waals surface area (Å²) in [6.45, 7) is 4.29. The second-order valence-corrected chi connectivity index (χ2v) is 3.82. The second-order valence-electron chi connectivity index (χ2n) is 3.82. The summed E-state index contributed by atoms with van der Waals surface area (Å²) in [5.74, 6) is 0.213. The molecule has 2 N–H and O–H groups in total. The number of nitrogens with one attached hydrogen (secondary N) is 2. The molecule has 0 saturated carbocycles. The normalized spacial score (nSPS) is 26.4. The minimum Gasteiger partial charge on any atom is -0.378 e. The van der Waals surface area contributed by atoms with Crippen LogP contribution >= 0.6 is 0 Å². The molecule has 1 rings (SSSR count). The van der Waals surface area contributed by atoms with E-state index in [1.165, 1.54) is 0 Å². The number of amides is 1. The summed E-state index contributed by atoms with van der Waals surface area (Å²) in [5.41, 5.74) is 0. The largest absolute Gasteiger partial charge is 0.378 e. The molecule has 1 fully saturated rings. The zero-order valence-corrected chi connectivity index (χ0v) is 9.01. The van der Waals surface area contributed by atoms with Crippen molar-refractivity contribution in [2.45, 2.75) is 25.9 Å². The van der Waals surface area contributed by atoms with Crippen LogP contribution in [0.15, 0.2) is 0 Å². The van der Waals surface area contributed by atoms with Gasteiger partial charge in [0.2, 0.25) is 5.91 Å². The van der Waals surface area contributed by atoms with Gasteiger partial charge >= 0.3 is 0 Å². The van der Waals surface area contributed by atoms with Gasteiger partial charge in [-0.25, -0.2) is 0 Å². The zero-order valence-electron chi connectivity index (χ0n) is 9.01. The monoisotopic (exact) mass is 200 g/mol. The van der Waals surface area contributed by atoms with E-state index < -0.39 is 0 Å². The van der Waals surface area contributed by atoms with E-state index in [1.807, 2.05) is 14.0 Å². The van der Waals surface area contributed by atoms with Gasteiger partial charge in [-0.2, -0.15) is 0 Å². The van der Waals surface area contributed by atoms with Gasteiger partial charge in [0.15, 0.2) is 0 Å². The van der Waals surface area contributed by atoms with Crippen molar-refractivity contribution in [3.8, 4) is 0 Å². The topological polar surface area (TPSA) is 50.4 Å². The van der Waals surface area contributed by atoms with Crippen molar-refractivity contribution in [1.82, 2.24) is 10.6 Å². The van der Waals surface area contributed by atoms with Crippen LogP contribution < -0.4 is 10.6 Å². The molecule has 1 aliphatic rings. The van der Waals surface area contributed by atoms with E-state index in [0.717, 1.165) is 25.9 Å². The third-order valence-electron chi connectivity index (χ3n) is 2.47. The molecule has 0 aromatic carbocycles. The molecular formula is C10H20N2O2. The molecule has 2 unspecified atom stereocenters. The fourth-order valence-corrected chi connectivity index (χ4v) is 1.62. The highest BCUT2D eigenvalue weighted by Gasteiger charge is 2.27. The average molecular weight is 200 g/mol. The van der Waals surface area contributed by atoms with Crippen molar-refractivity contribution in [2.75, 3.05) is 26.7 Å². The van der Waals surface area contributed by atoms with Crippen LogP contribution in [0.25, 0.3) is 0 Å². The van der Waals surface area contributed by atoms with Crippen LogP contribution in [-0.4, -0.2) is 38.8 Å². The third-order valence-corrected chi connectivity index (χ3v) is 2.47. The first-order valence-corrected chi connectivity index (χ1v) is 5.28. The molecule has 0 aromatic rings. The summed E-state index contributed by atoms with van der Waals surface area (Å²) in [6.07, 6.45) is 2.08. The standard InChI is InChI=1S/C10H20N2O2/c1-8-6-9(7-14-8)10(13)12-5-3-4-11-2/h8-9,11H,3-7H2,1-2H3,(H,12,13). The summed E-state index contributed by atoms with van der Waals surface area (Å²) in [6, 6.07) is 0. The molecule has 0 aliphatic carbocycles. The van der Waals surface area contributed by atoms with E-state index in [4.69, 9.17) is 4.74 Å². The maximum atomic E-state index is 11.5. The Balaban J connectivity index is 2.09. The molecule has 0 radical (unpaired) electrons. The molecule has 1 saturated heterocycles. The first kappa shape index (κ1) is 11.5. The Morgan fingerprint density at radius 2 is 2.29 bits per heavy atom.